The summed E-state index contributed by atoms with van der Waals surface area (Å²) in [5.74, 6) is 0.393. The molecule has 0 aliphatic heterocycles. The molecule has 0 atom stereocenters. The van der Waals surface area contributed by atoms with Gasteiger partial charge in [0.15, 0.2) is 10.4 Å². The minimum atomic E-state index is -0.442. The van der Waals surface area contributed by atoms with E-state index in [1.807, 2.05) is 26.0 Å². The van der Waals surface area contributed by atoms with Crippen molar-refractivity contribution in [1.29, 1.82) is 0 Å². The van der Waals surface area contributed by atoms with Crippen molar-refractivity contribution in [3.8, 4) is 0 Å². The summed E-state index contributed by atoms with van der Waals surface area (Å²) in [6, 6.07) is 3.66. The van der Waals surface area contributed by atoms with Crippen molar-refractivity contribution < 1.29 is 13.9 Å². The van der Waals surface area contributed by atoms with Gasteiger partial charge in [0.25, 0.3) is 0 Å². The van der Waals surface area contributed by atoms with Crippen LogP contribution in [0.3, 0.4) is 0 Å². The largest absolute Gasteiger partial charge is 0.461 e. The molecule has 20 heavy (non-hydrogen) atoms. The molecule has 0 aliphatic carbocycles. The maximum atomic E-state index is 11.9. The van der Waals surface area contributed by atoms with Crippen LogP contribution in [0.5, 0.6) is 0 Å². The molecule has 0 aromatic carbocycles. The number of furan rings is 1. The number of hydrogen-bond donors (Lipinski definition) is 0. The number of esters is 1. The topological polar surface area (TPSA) is 70.2 Å². The van der Waals surface area contributed by atoms with Gasteiger partial charge in [0, 0.05) is 0 Å². The molecule has 0 amide bonds. The van der Waals surface area contributed by atoms with Crippen LogP contribution in [-0.4, -0.2) is 27.6 Å². The van der Waals surface area contributed by atoms with Crippen LogP contribution in [0.4, 0.5) is 0 Å². The van der Waals surface area contributed by atoms with Gasteiger partial charge in [-0.05, 0) is 40.9 Å². The van der Waals surface area contributed by atoms with Crippen molar-refractivity contribution in [2.75, 3.05) is 6.61 Å². The predicted molar refractivity (Wildman–Crippen MR) is 75.6 cm³/mol. The van der Waals surface area contributed by atoms with Gasteiger partial charge in [0.1, 0.15) is 12.3 Å². The normalized spacial score (nSPS) is 11.1. The zero-order valence-electron chi connectivity index (χ0n) is 11.6. The fourth-order valence-electron chi connectivity index (χ4n) is 1.94. The van der Waals surface area contributed by atoms with E-state index in [4.69, 9.17) is 9.15 Å². The van der Waals surface area contributed by atoms with Crippen LogP contribution < -0.4 is 0 Å². The molecule has 108 valence electrons. The van der Waals surface area contributed by atoms with Crippen molar-refractivity contribution in [3.05, 3.63) is 34.0 Å². The predicted octanol–water partition coefficient (Wildman–Crippen LogP) is 2.98. The number of ether oxygens (including phenoxy) is 1. The quantitative estimate of drug-likeness (QED) is 0.782. The first-order valence-corrected chi connectivity index (χ1v) is 7.17. The molecule has 7 heteroatoms. The molecule has 0 saturated carbocycles. The van der Waals surface area contributed by atoms with E-state index in [1.165, 1.54) is 0 Å². The van der Waals surface area contributed by atoms with E-state index in [-0.39, 0.29) is 11.6 Å². The molecule has 0 spiro atoms. The molecule has 0 radical (unpaired) electrons. The third kappa shape index (κ3) is 3.09. The zero-order chi connectivity index (χ0) is 14.7. The molecule has 0 fully saturated rings. The molecular formula is C13H16BrN3O3. The lowest BCUT2D eigenvalue weighted by molar-refractivity contribution is 0.0517. The smallest absolute Gasteiger partial charge is 0.360 e. The van der Waals surface area contributed by atoms with Gasteiger partial charge in [0.2, 0.25) is 0 Å². The fourth-order valence-corrected chi connectivity index (χ4v) is 2.28. The zero-order valence-corrected chi connectivity index (χ0v) is 13.2. The highest BCUT2D eigenvalue weighted by Gasteiger charge is 2.23. The van der Waals surface area contributed by atoms with E-state index < -0.39 is 5.97 Å². The first kappa shape index (κ1) is 14.8. The molecule has 2 aromatic heterocycles. The Morgan fingerprint density at radius 3 is 2.80 bits per heavy atom. The number of hydrogen-bond acceptors (Lipinski definition) is 5. The van der Waals surface area contributed by atoms with Crippen LogP contribution in [0.2, 0.25) is 0 Å². The summed E-state index contributed by atoms with van der Waals surface area (Å²) in [7, 11) is 0. The fraction of sp³-hybridized carbons (Fsp3) is 0.462. The van der Waals surface area contributed by atoms with E-state index in [0.29, 0.717) is 17.8 Å². The first-order valence-electron chi connectivity index (χ1n) is 6.37. The molecule has 6 nitrogen and oxygen atoms in total. The first-order chi connectivity index (χ1) is 9.52. The Balaban J connectivity index is 2.31. The maximum absolute atomic E-state index is 11.9. The van der Waals surface area contributed by atoms with Crippen LogP contribution in [0.1, 0.15) is 48.6 Å². The lowest BCUT2D eigenvalue weighted by Crippen LogP contribution is -2.12. The highest BCUT2D eigenvalue weighted by atomic mass is 79.9. The molecular weight excluding hydrogens is 326 g/mol. The summed E-state index contributed by atoms with van der Waals surface area (Å²) in [5, 5.41) is 7.98. The Kier molecular flexibility index (Phi) is 4.59. The van der Waals surface area contributed by atoms with Gasteiger partial charge in [-0.25, -0.2) is 9.48 Å². The number of rotatable bonds is 5. The molecule has 0 saturated heterocycles. The third-order valence-corrected chi connectivity index (χ3v) is 3.15. The van der Waals surface area contributed by atoms with E-state index >= 15 is 0 Å². The second-order valence-electron chi connectivity index (χ2n) is 4.56. The number of halogens is 1. The van der Waals surface area contributed by atoms with Gasteiger partial charge in [0.05, 0.1) is 12.3 Å². The molecule has 0 bridgehead atoms. The summed E-state index contributed by atoms with van der Waals surface area (Å²) >= 11 is 3.26. The van der Waals surface area contributed by atoms with Crippen LogP contribution in [-0.2, 0) is 11.3 Å². The van der Waals surface area contributed by atoms with Gasteiger partial charge in [-0.2, -0.15) is 0 Å². The second-order valence-corrected chi connectivity index (χ2v) is 5.34. The van der Waals surface area contributed by atoms with Crippen molar-refractivity contribution in [1.82, 2.24) is 15.0 Å². The minimum absolute atomic E-state index is 0.0998. The van der Waals surface area contributed by atoms with E-state index in [0.717, 1.165) is 11.5 Å². The Labute approximate surface area is 125 Å². The third-order valence-electron chi connectivity index (χ3n) is 2.72. The Hall–Kier alpha value is -1.63. The van der Waals surface area contributed by atoms with Crippen molar-refractivity contribution >= 4 is 21.9 Å². The molecule has 2 rings (SSSR count). The summed E-state index contributed by atoms with van der Waals surface area (Å²) in [5.41, 5.74) is 1.02. The molecule has 0 aliphatic rings. The van der Waals surface area contributed by atoms with Crippen LogP contribution in [0.15, 0.2) is 21.2 Å². The summed E-state index contributed by atoms with van der Waals surface area (Å²) in [6.45, 7) is 6.46. The van der Waals surface area contributed by atoms with Gasteiger partial charge in [-0.3, -0.25) is 0 Å². The van der Waals surface area contributed by atoms with Gasteiger partial charge in [-0.15, -0.1) is 5.10 Å². The number of nitrogens with zero attached hydrogens (tertiary/aromatic N) is 3. The average molecular weight is 342 g/mol. The Bertz CT molecular complexity index is 604. The maximum Gasteiger partial charge on any atom is 0.360 e. The Morgan fingerprint density at radius 2 is 2.25 bits per heavy atom. The molecule has 2 heterocycles. The molecule has 0 N–H and O–H groups in total. The van der Waals surface area contributed by atoms with E-state index in [9.17, 15) is 4.79 Å². The highest BCUT2D eigenvalue weighted by molar-refractivity contribution is 9.10. The number of carbonyl (C=O) groups is 1. The van der Waals surface area contributed by atoms with Crippen LogP contribution in [0, 0.1) is 0 Å². The average Bonchev–Trinajstić information content (AvgIpc) is 2.96. The van der Waals surface area contributed by atoms with Gasteiger partial charge in [-0.1, -0.05) is 19.1 Å². The molecule has 0 unspecified atom stereocenters. The second kappa shape index (κ2) is 6.21. The SMILES string of the molecule is CCOC(=O)c1nnn(Cc2ccc(Br)o2)c1C(C)C. The minimum Gasteiger partial charge on any atom is -0.461 e. The van der Waals surface area contributed by atoms with Gasteiger partial charge >= 0.3 is 5.97 Å². The van der Waals surface area contributed by atoms with Crippen LogP contribution in [0.25, 0.3) is 0 Å². The standard InChI is InChI=1S/C13H16BrN3O3/c1-4-19-13(18)11-12(8(2)3)17(16-15-11)7-9-5-6-10(14)20-9/h5-6,8H,4,7H2,1-3H3. The van der Waals surface area contributed by atoms with Gasteiger partial charge < -0.3 is 9.15 Å². The van der Waals surface area contributed by atoms with Crippen molar-refractivity contribution in [2.45, 2.75) is 33.2 Å². The Morgan fingerprint density at radius 1 is 1.50 bits per heavy atom. The lowest BCUT2D eigenvalue weighted by Gasteiger charge is -2.09. The number of aromatic nitrogens is 3. The monoisotopic (exact) mass is 341 g/mol. The molecule has 2 aromatic rings. The summed E-state index contributed by atoms with van der Waals surface area (Å²) < 4.78 is 12.8. The summed E-state index contributed by atoms with van der Waals surface area (Å²) in [6.07, 6.45) is 0. The van der Waals surface area contributed by atoms with Crippen LogP contribution >= 0.6 is 15.9 Å². The van der Waals surface area contributed by atoms with Crippen molar-refractivity contribution in [3.63, 3.8) is 0 Å². The highest BCUT2D eigenvalue weighted by Crippen LogP contribution is 2.21. The lowest BCUT2D eigenvalue weighted by atomic mass is 10.1. The number of carbonyl (C=O) groups excluding carboxylic acids is 1. The van der Waals surface area contributed by atoms with E-state index in [1.54, 1.807) is 11.6 Å². The van der Waals surface area contributed by atoms with Crippen molar-refractivity contribution in [2.24, 2.45) is 0 Å². The van der Waals surface area contributed by atoms with E-state index in [2.05, 4.69) is 26.2 Å². The summed E-state index contributed by atoms with van der Waals surface area (Å²) in [4.78, 5) is 11.9.